The van der Waals surface area contributed by atoms with E-state index in [0.717, 1.165) is 32.0 Å². The van der Waals surface area contributed by atoms with Crippen molar-refractivity contribution in [3.8, 4) is 12.3 Å². The molecule has 0 amide bonds. The molecule has 1 heterocycles. The Morgan fingerprint density at radius 1 is 1.50 bits per heavy atom. The number of nitrogens with two attached hydrogens (primary N) is 1. The van der Waals surface area contributed by atoms with Gasteiger partial charge in [0.25, 0.3) is 0 Å². The number of rotatable bonds is 3. The Morgan fingerprint density at radius 3 is 2.79 bits per heavy atom. The number of hydrogen-bond acceptors (Lipinski definition) is 3. The molecule has 3 nitrogen and oxygen atoms in total. The summed E-state index contributed by atoms with van der Waals surface area (Å²) in [7, 11) is 0. The summed E-state index contributed by atoms with van der Waals surface area (Å²) in [6.07, 6.45) is 10.9. The van der Waals surface area contributed by atoms with E-state index < -0.39 is 0 Å². The highest BCUT2D eigenvalue weighted by Gasteiger charge is 2.10. The normalized spacial score (nSPS) is 18.6. The molecule has 2 N–H and O–H groups in total. The van der Waals surface area contributed by atoms with Gasteiger partial charge >= 0.3 is 0 Å². The van der Waals surface area contributed by atoms with Crippen molar-refractivity contribution in [1.29, 1.82) is 0 Å². The molecule has 0 bridgehead atoms. The van der Waals surface area contributed by atoms with Gasteiger partial charge in [-0.3, -0.25) is 0 Å². The van der Waals surface area contributed by atoms with Gasteiger partial charge < -0.3 is 15.4 Å². The van der Waals surface area contributed by atoms with Gasteiger partial charge in [-0.1, -0.05) is 12.0 Å². The third-order valence-corrected chi connectivity index (χ3v) is 2.03. The van der Waals surface area contributed by atoms with Gasteiger partial charge in [-0.2, -0.15) is 0 Å². The molecule has 1 saturated heterocycles. The topological polar surface area (TPSA) is 38.5 Å². The van der Waals surface area contributed by atoms with E-state index in [2.05, 4.69) is 10.8 Å². The average molecular weight is 192 g/mol. The first-order valence-corrected chi connectivity index (χ1v) is 4.74. The van der Waals surface area contributed by atoms with Gasteiger partial charge in [-0.25, -0.2) is 0 Å². The molecule has 1 rings (SSSR count). The highest BCUT2D eigenvalue weighted by Crippen LogP contribution is 2.08. The van der Waals surface area contributed by atoms with Gasteiger partial charge in [0, 0.05) is 31.4 Å². The third-order valence-electron chi connectivity index (χ3n) is 2.03. The highest BCUT2D eigenvalue weighted by molar-refractivity contribution is 5.26. The Hall–Kier alpha value is -1.24. The number of morpholine rings is 1. The minimum absolute atomic E-state index is 0.534. The summed E-state index contributed by atoms with van der Waals surface area (Å²) < 4.78 is 5.26. The largest absolute Gasteiger partial charge is 0.378 e. The zero-order chi connectivity index (χ0) is 10.2. The van der Waals surface area contributed by atoms with Crippen LogP contribution in [0.5, 0.6) is 0 Å². The summed E-state index contributed by atoms with van der Waals surface area (Å²) in [6, 6.07) is 0. The van der Waals surface area contributed by atoms with Gasteiger partial charge in [0.1, 0.15) is 0 Å². The lowest BCUT2D eigenvalue weighted by molar-refractivity contribution is 0.0554. The number of allylic oxidation sites excluding steroid dienone is 2. The molecule has 1 aliphatic heterocycles. The molecule has 0 aromatic heterocycles. The number of hydrogen-bond donors (Lipinski definition) is 1. The van der Waals surface area contributed by atoms with Crippen molar-refractivity contribution in [2.24, 2.45) is 5.73 Å². The van der Waals surface area contributed by atoms with Crippen LogP contribution in [0.2, 0.25) is 0 Å². The number of terminal acetylenes is 1. The van der Waals surface area contributed by atoms with E-state index in [1.807, 2.05) is 12.2 Å². The quantitative estimate of drug-likeness (QED) is 0.518. The predicted molar refractivity (Wildman–Crippen MR) is 57.5 cm³/mol. The van der Waals surface area contributed by atoms with Gasteiger partial charge in [0.2, 0.25) is 0 Å². The molecule has 0 aromatic rings. The average Bonchev–Trinajstić information content (AvgIpc) is 2.25. The summed E-state index contributed by atoms with van der Waals surface area (Å²) in [5.74, 6) is 2.54. The molecule has 1 aliphatic rings. The SMILES string of the molecule is C#C/C=C(\C=C/CN)N1CCOCC1. The minimum Gasteiger partial charge on any atom is -0.378 e. The molecule has 0 aromatic carbocycles. The van der Waals surface area contributed by atoms with Crippen LogP contribution < -0.4 is 5.73 Å². The molecule has 76 valence electrons. The standard InChI is InChI=1S/C11H16N2O/c1-2-4-11(5-3-6-12)13-7-9-14-10-8-13/h1,3-5H,6-10,12H2/b5-3-,11-4+. The van der Waals surface area contributed by atoms with Crippen LogP contribution in [0.1, 0.15) is 0 Å². The first-order chi connectivity index (χ1) is 6.88. The van der Waals surface area contributed by atoms with Crippen LogP contribution >= 0.6 is 0 Å². The molecular formula is C11H16N2O. The maximum Gasteiger partial charge on any atom is 0.0642 e. The maximum absolute atomic E-state index is 5.39. The second-order valence-corrected chi connectivity index (χ2v) is 2.97. The van der Waals surface area contributed by atoms with Crippen LogP contribution in [0.4, 0.5) is 0 Å². The van der Waals surface area contributed by atoms with E-state index in [-0.39, 0.29) is 0 Å². The first kappa shape index (κ1) is 10.8. The fraction of sp³-hybridized carbons (Fsp3) is 0.455. The Morgan fingerprint density at radius 2 is 2.21 bits per heavy atom. The molecule has 0 saturated carbocycles. The zero-order valence-electron chi connectivity index (χ0n) is 8.28. The first-order valence-electron chi connectivity index (χ1n) is 4.74. The highest BCUT2D eigenvalue weighted by atomic mass is 16.5. The fourth-order valence-electron chi connectivity index (χ4n) is 1.34. The van der Waals surface area contributed by atoms with Crippen LogP contribution in [-0.2, 0) is 4.74 Å². The van der Waals surface area contributed by atoms with Crippen molar-refractivity contribution in [2.75, 3.05) is 32.8 Å². The molecule has 0 aliphatic carbocycles. The molecule has 0 atom stereocenters. The second kappa shape index (κ2) is 6.25. The van der Waals surface area contributed by atoms with Gasteiger partial charge in [-0.15, -0.1) is 6.42 Å². The lowest BCUT2D eigenvalue weighted by Crippen LogP contribution is -2.35. The number of ether oxygens (including phenoxy) is 1. The molecule has 3 heteroatoms. The summed E-state index contributed by atoms with van der Waals surface area (Å²) >= 11 is 0. The molecule has 14 heavy (non-hydrogen) atoms. The van der Waals surface area contributed by atoms with E-state index in [1.54, 1.807) is 6.08 Å². The van der Waals surface area contributed by atoms with Crippen LogP contribution in [-0.4, -0.2) is 37.7 Å². The predicted octanol–water partition coefficient (Wildman–Crippen LogP) is 0.351. The van der Waals surface area contributed by atoms with Crippen LogP contribution in [0.3, 0.4) is 0 Å². The fourth-order valence-corrected chi connectivity index (χ4v) is 1.34. The lowest BCUT2D eigenvalue weighted by atomic mass is 10.3. The van der Waals surface area contributed by atoms with Gasteiger partial charge in [0.15, 0.2) is 0 Å². The summed E-state index contributed by atoms with van der Waals surface area (Å²) in [5, 5.41) is 0. The van der Waals surface area contributed by atoms with E-state index in [9.17, 15) is 0 Å². The van der Waals surface area contributed by atoms with Crippen molar-refractivity contribution in [3.63, 3.8) is 0 Å². The summed E-state index contributed by atoms with van der Waals surface area (Å²) in [4.78, 5) is 2.20. The molecule has 0 radical (unpaired) electrons. The zero-order valence-corrected chi connectivity index (χ0v) is 8.28. The Bertz CT molecular complexity index is 257. The number of nitrogens with zero attached hydrogens (tertiary/aromatic N) is 1. The molecule has 0 unspecified atom stereocenters. The van der Waals surface area contributed by atoms with Crippen LogP contribution in [0.15, 0.2) is 23.9 Å². The van der Waals surface area contributed by atoms with E-state index in [1.165, 1.54) is 0 Å². The smallest absolute Gasteiger partial charge is 0.0642 e. The Labute approximate surface area is 85.2 Å². The van der Waals surface area contributed by atoms with Gasteiger partial charge in [0.05, 0.1) is 13.2 Å². The minimum atomic E-state index is 0.534. The molecular weight excluding hydrogens is 176 g/mol. The monoisotopic (exact) mass is 192 g/mol. The van der Waals surface area contributed by atoms with E-state index in [4.69, 9.17) is 16.9 Å². The molecule has 0 spiro atoms. The van der Waals surface area contributed by atoms with E-state index in [0.29, 0.717) is 6.54 Å². The van der Waals surface area contributed by atoms with Crippen molar-refractivity contribution in [2.45, 2.75) is 0 Å². The Balaban J connectivity index is 2.62. The summed E-state index contributed by atoms with van der Waals surface area (Å²) in [6.45, 7) is 3.84. The maximum atomic E-state index is 5.39. The van der Waals surface area contributed by atoms with Crippen molar-refractivity contribution < 1.29 is 4.74 Å². The van der Waals surface area contributed by atoms with Gasteiger partial charge in [-0.05, 0) is 6.08 Å². The Kier molecular flexibility index (Phi) is 4.84. The van der Waals surface area contributed by atoms with Crippen LogP contribution in [0, 0.1) is 12.3 Å². The van der Waals surface area contributed by atoms with Crippen molar-refractivity contribution >= 4 is 0 Å². The summed E-state index contributed by atoms with van der Waals surface area (Å²) in [5.41, 5.74) is 6.44. The van der Waals surface area contributed by atoms with Crippen molar-refractivity contribution in [3.05, 3.63) is 23.9 Å². The van der Waals surface area contributed by atoms with Crippen molar-refractivity contribution in [1.82, 2.24) is 4.90 Å². The lowest BCUT2D eigenvalue weighted by Gasteiger charge is -2.29. The van der Waals surface area contributed by atoms with E-state index >= 15 is 0 Å². The van der Waals surface area contributed by atoms with Crippen LogP contribution in [0.25, 0.3) is 0 Å². The third kappa shape index (κ3) is 3.25. The second-order valence-electron chi connectivity index (χ2n) is 2.97. The molecule has 1 fully saturated rings.